The second kappa shape index (κ2) is 6.25. The molecule has 0 amide bonds. The Labute approximate surface area is 110 Å². The molecule has 6 unspecified atom stereocenters. The summed E-state index contributed by atoms with van der Waals surface area (Å²) in [5.74, 6) is 6.38. The van der Waals surface area contributed by atoms with Crippen LogP contribution in [0, 0.1) is 41.4 Å². The fraction of sp³-hybridized carbons (Fsp3) is 1.00. The molecule has 0 saturated heterocycles. The Kier molecular flexibility index (Phi) is 5.54. The van der Waals surface area contributed by atoms with Gasteiger partial charge in [0.15, 0.2) is 0 Å². The van der Waals surface area contributed by atoms with E-state index in [0.29, 0.717) is 0 Å². The van der Waals surface area contributed by atoms with Crippen LogP contribution in [-0.4, -0.2) is 0 Å². The van der Waals surface area contributed by atoms with Crippen molar-refractivity contribution in [3.05, 3.63) is 0 Å². The summed E-state index contributed by atoms with van der Waals surface area (Å²) < 4.78 is 0. The first kappa shape index (κ1) is 15.1. The normalized spacial score (nSPS) is 42.9. The van der Waals surface area contributed by atoms with Crippen molar-refractivity contribution in [1.82, 2.24) is 0 Å². The van der Waals surface area contributed by atoms with E-state index in [1.54, 1.807) is 0 Å². The van der Waals surface area contributed by atoms with Crippen LogP contribution in [0.15, 0.2) is 0 Å². The Bertz CT molecular complexity index is 204. The van der Waals surface area contributed by atoms with E-state index in [4.69, 9.17) is 0 Å². The monoisotopic (exact) mass is 238 g/mol. The predicted octanol–water partition coefficient (Wildman–Crippen LogP) is 5.62. The van der Waals surface area contributed by atoms with Crippen LogP contribution >= 0.6 is 0 Å². The first-order valence-electron chi connectivity index (χ1n) is 7.88. The van der Waals surface area contributed by atoms with Crippen LogP contribution in [0.5, 0.6) is 0 Å². The van der Waals surface area contributed by atoms with Gasteiger partial charge in [0.2, 0.25) is 0 Å². The van der Waals surface area contributed by atoms with Gasteiger partial charge < -0.3 is 0 Å². The van der Waals surface area contributed by atoms with Gasteiger partial charge in [0, 0.05) is 0 Å². The molecular formula is C17H34. The van der Waals surface area contributed by atoms with Gasteiger partial charge in [-0.3, -0.25) is 0 Å². The maximum Gasteiger partial charge on any atom is -0.0381 e. The summed E-state index contributed by atoms with van der Waals surface area (Å²) in [6, 6.07) is 0. The minimum absolute atomic E-state index is 0.892. The van der Waals surface area contributed by atoms with E-state index >= 15 is 0 Å². The van der Waals surface area contributed by atoms with Crippen molar-refractivity contribution < 1.29 is 0 Å². The highest BCUT2D eigenvalue weighted by Crippen LogP contribution is 2.43. The molecule has 1 rings (SSSR count). The van der Waals surface area contributed by atoms with Gasteiger partial charge in [0.05, 0.1) is 0 Å². The largest absolute Gasteiger partial charge is 0.0651 e. The molecule has 0 heterocycles. The van der Waals surface area contributed by atoms with Crippen molar-refractivity contribution in [1.29, 1.82) is 0 Å². The van der Waals surface area contributed by atoms with Crippen molar-refractivity contribution >= 4 is 0 Å². The molecule has 0 aromatic heterocycles. The molecule has 0 aromatic rings. The maximum atomic E-state index is 2.50. The van der Waals surface area contributed by atoms with Crippen LogP contribution in [0.1, 0.15) is 67.7 Å². The SMILES string of the molecule is CCC(C)C(C)C1CC(C)C(C)C(C)C(C)C1. The van der Waals surface area contributed by atoms with Gasteiger partial charge >= 0.3 is 0 Å². The zero-order valence-electron chi connectivity index (χ0n) is 13.2. The summed E-state index contributed by atoms with van der Waals surface area (Å²) in [7, 11) is 0. The Morgan fingerprint density at radius 2 is 1.29 bits per heavy atom. The molecule has 0 aromatic carbocycles. The summed E-state index contributed by atoms with van der Waals surface area (Å²) >= 11 is 0. The second-order valence-electron chi connectivity index (χ2n) is 7.15. The summed E-state index contributed by atoms with van der Waals surface area (Å²) in [6.45, 7) is 17.2. The number of hydrogen-bond donors (Lipinski definition) is 0. The predicted molar refractivity (Wildman–Crippen MR) is 78.0 cm³/mol. The van der Waals surface area contributed by atoms with E-state index in [1.165, 1.54) is 19.3 Å². The molecule has 102 valence electrons. The van der Waals surface area contributed by atoms with Crippen LogP contribution in [0.4, 0.5) is 0 Å². The van der Waals surface area contributed by atoms with Gasteiger partial charge in [-0.1, -0.05) is 54.9 Å². The lowest BCUT2D eigenvalue weighted by Gasteiger charge is -2.30. The Morgan fingerprint density at radius 3 is 1.65 bits per heavy atom. The fourth-order valence-electron chi connectivity index (χ4n) is 3.78. The first-order chi connectivity index (χ1) is 7.88. The zero-order chi connectivity index (χ0) is 13.2. The molecule has 0 bridgehead atoms. The van der Waals surface area contributed by atoms with Crippen LogP contribution < -0.4 is 0 Å². The molecule has 0 radical (unpaired) electrons. The Hall–Kier alpha value is 0. The Balaban J connectivity index is 2.74. The molecule has 0 nitrogen and oxygen atoms in total. The topological polar surface area (TPSA) is 0 Å². The van der Waals surface area contributed by atoms with Crippen LogP contribution in [0.25, 0.3) is 0 Å². The second-order valence-corrected chi connectivity index (χ2v) is 7.15. The van der Waals surface area contributed by atoms with Gasteiger partial charge in [0.1, 0.15) is 0 Å². The number of hydrogen-bond acceptors (Lipinski definition) is 0. The van der Waals surface area contributed by atoms with E-state index in [-0.39, 0.29) is 0 Å². The van der Waals surface area contributed by atoms with Crippen LogP contribution in [-0.2, 0) is 0 Å². The van der Waals surface area contributed by atoms with Crippen LogP contribution in [0.2, 0.25) is 0 Å². The van der Waals surface area contributed by atoms with Gasteiger partial charge in [-0.05, 0) is 54.3 Å². The lowest BCUT2D eigenvalue weighted by atomic mass is 9.76. The van der Waals surface area contributed by atoms with Crippen molar-refractivity contribution in [2.75, 3.05) is 0 Å². The van der Waals surface area contributed by atoms with Crippen molar-refractivity contribution in [3.63, 3.8) is 0 Å². The summed E-state index contributed by atoms with van der Waals surface area (Å²) in [5, 5.41) is 0. The van der Waals surface area contributed by atoms with E-state index in [2.05, 4.69) is 48.5 Å². The van der Waals surface area contributed by atoms with Gasteiger partial charge in [-0.15, -0.1) is 0 Å². The van der Waals surface area contributed by atoms with Crippen molar-refractivity contribution in [2.45, 2.75) is 67.7 Å². The zero-order valence-corrected chi connectivity index (χ0v) is 13.2. The van der Waals surface area contributed by atoms with Crippen molar-refractivity contribution in [2.24, 2.45) is 41.4 Å². The smallest absolute Gasteiger partial charge is 0.0381 e. The maximum absolute atomic E-state index is 2.50. The highest BCUT2D eigenvalue weighted by molar-refractivity contribution is 4.84. The highest BCUT2D eigenvalue weighted by Gasteiger charge is 2.34. The fourth-order valence-corrected chi connectivity index (χ4v) is 3.78. The third-order valence-corrected chi connectivity index (χ3v) is 6.26. The van der Waals surface area contributed by atoms with E-state index in [0.717, 1.165) is 41.4 Å². The minimum Gasteiger partial charge on any atom is -0.0651 e. The molecular weight excluding hydrogens is 204 g/mol. The third-order valence-electron chi connectivity index (χ3n) is 6.26. The first-order valence-corrected chi connectivity index (χ1v) is 7.88. The van der Waals surface area contributed by atoms with Crippen LogP contribution in [0.3, 0.4) is 0 Å². The molecule has 17 heavy (non-hydrogen) atoms. The summed E-state index contributed by atoms with van der Waals surface area (Å²) in [5.41, 5.74) is 0. The van der Waals surface area contributed by atoms with Gasteiger partial charge in [-0.2, -0.15) is 0 Å². The minimum atomic E-state index is 0.892. The standard InChI is InChI=1S/C17H34/c1-8-11(2)16(7)17-9-12(3)14(5)15(6)13(4)10-17/h11-17H,8-10H2,1-7H3. The van der Waals surface area contributed by atoms with Crippen molar-refractivity contribution in [3.8, 4) is 0 Å². The molecule has 0 aliphatic heterocycles. The molecule has 1 saturated carbocycles. The summed E-state index contributed by atoms with van der Waals surface area (Å²) in [4.78, 5) is 0. The summed E-state index contributed by atoms with van der Waals surface area (Å²) in [6.07, 6.45) is 4.26. The highest BCUT2D eigenvalue weighted by atomic mass is 14.4. The lowest BCUT2D eigenvalue weighted by Crippen LogP contribution is -2.21. The molecule has 0 spiro atoms. The molecule has 6 atom stereocenters. The average Bonchev–Trinajstić information content (AvgIpc) is 2.41. The van der Waals surface area contributed by atoms with Gasteiger partial charge in [0.25, 0.3) is 0 Å². The molecule has 1 aliphatic rings. The molecule has 1 fully saturated rings. The van der Waals surface area contributed by atoms with E-state index in [1.807, 2.05) is 0 Å². The quantitative estimate of drug-likeness (QED) is 0.560. The van der Waals surface area contributed by atoms with E-state index < -0.39 is 0 Å². The van der Waals surface area contributed by atoms with Gasteiger partial charge in [-0.25, -0.2) is 0 Å². The third kappa shape index (κ3) is 3.48. The number of rotatable bonds is 3. The molecule has 0 heteroatoms. The van der Waals surface area contributed by atoms with E-state index in [9.17, 15) is 0 Å². The molecule has 1 aliphatic carbocycles. The molecule has 0 N–H and O–H groups in total. The Morgan fingerprint density at radius 1 is 0.882 bits per heavy atom. The lowest BCUT2D eigenvalue weighted by molar-refractivity contribution is 0.201. The average molecular weight is 238 g/mol.